The van der Waals surface area contributed by atoms with Gasteiger partial charge < -0.3 is 0 Å². The molecule has 1 aliphatic rings. The quantitative estimate of drug-likeness (QED) is 0.567. The Hall–Kier alpha value is -0.160. The van der Waals surface area contributed by atoms with E-state index < -0.39 is 0 Å². The van der Waals surface area contributed by atoms with Crippen LogP contribution < -0.4 is 0 Å². The van der Waals surface area contributed by atoms with E-state index in [4.69, 9.17) is 23.2 Å². The van der Waals surface area contributed by atoms with Crippen LogP contribution in [0, 0.1) is 0 Å². The van der Waals surface area contributed by atoms with Crippen LogP contribution in [0.25, 0.3) is 11.4 Å². The maximum atomic E-state index is 6.18. The predicted octanol–water partition coefficient (Wildman–Crippen LogP) is 5.85. The van der Waals surface area contributed by atoms with Crippen molar-refractivity contribution in [1.29, 1.82) is 0 Å². The van der Waals surface area contributed by atoms with Crippen molar-refractivity contribution < 1.29 is 0 Å². The van der Waals surface area contributed by atoms with Crippen LogP contribution in [0.4, 0.5) is 0 Å². The third-order valence-corrected chi connectivity index (χ3v) is 5.48. The molecule has 1 heterocycles. The molecule has 1 aromatic heterocycles. The second-order valence-corrected chi connectivity index (χ2v) is 6.85. The van der Waals surface area contributed by atoms with Gasteiger partial charge >= 0.3 is 0 Å². The van der Waals surface area contributed by atoms with E-state index in [1.807, 2.05) is 18.2 Å². The number of rotatable bonds is 2. The molecule has 1 aliphatic carbocycles. The first-order chi connectivity index (χ1) is 9.06. The van der Waals surface area contributed by atoms with Crippen LogP contribution in [0.5, 0.6) is 0 Å². The minimum atomic E-state index is 0.456. The van der Waals surface area contributed by atoms with E-state index in [0.717, 1.165) is 33.0 Å². The van der Waals surface area contributed by atoms with Crippen molar-refractivity contribution in [2.24, 2.45) is 0 Å². The SMILES string of the molecule is Clc1ccc(-c2nc(Cl)c(Br)c(C3CC3)n2)cc1Br. The number of nitrogens with zero attached hydrogens (tertiary/aromatic N) is 2. The van der Waals surface area contributed by atoms with Crippen LogP contribution in [0.3, 0.4) is 0 Å². The molecule has 0 amide bonds. The molecule has 1 saturated carbocycles. The van der Waals surface area contributed by atoms with Crippen LogP contribution in [0.1, 0.15) is 24.5 Å². The molecule has 1 fully saturated rings. The minimum absolute atomic E-state index is 0.456. The molecule has 0 unspecified atom stereocenters. The van der Waals surface area contributed by atoms with Gasteiger partial charge in [0.2, 0.25) is 0 Å². The fourth-order valence-electron chi connectivity index (χ4n) is 1.83. The summed E-state index contributed by atoms with van der Waals surface area (Å²) in [6, 6.07) is 5.61. The minimum Gasteiger partial charge on any atom is -0.231 e. The Morgan fingerprint density at radius 1 is 1.11 bits per heavy atom. The van der Waals surface area contributed by atoms with E-state index >= 15 is 0 Å². The summed E-state index contributed by atoms with van der Waals surface area (Å²) in [5, 5.41) is 1.12. The largest absolute Gasteiger partial charge is 0.231 e. The lowest BCUT2D eigenvalue weighted by Gasteiger charge is -2.08. The highest BCUT2D eigenvalue weighted by atomic mass is 79.9. The Kier molecular flexibility index (Phi) is 3.87. The van der Waals surface area contributed by atoms with E-state index in [2.05, 4.69) is 41.8 Å². The molecular formula is C13H8Br2Cl2N2. The second kappa shape index (κ2) is 5.32. The van der Waals surface area contributed by atoms with Gasteiger partial charge in [-0.15, -0.1) is 0 Å². The molecule has 0 N–H and O–H groups in total. The Balaban J connectivity index is 2.11. The number of halogens is 4. The third kappa shape index (κ3) is 2.82. The van der Waals surface area contributed by atoms with E-state index in [-0.39, 0.29) is 0 Å². The van der Waals surface area contributed by atoms with Crippen LogP contribution in [0.15, 0.2) is 27.1 Å². The van der Waals surface area contributed by atoms with Gasteiger partial charge in [-0.25, -0.2) is 9.97 Å². The van der Waals surface area contributed by atoms with Gasteiger partial charge in [0.1, 0.15) is 5.15 Å². The molecule has 19 heavy (non-hydrogen) atoms. The Morgan fingerprint density at radius 2 is 1.84 bits per heavy atom. The van der Waals surface area contributed by atoms with E-state index in [9.17, 15) is 0 Å². The van der Waals surface area contributed by atoms with Gasteiger partial charge in [0.25, 0.3) is 0 Å². The first-order valence-electron chi connectivity index (χ1n) is 5.74. The fourth-order valence-corrected chi connectivity index (χ4v) is 3.00. The van der Waals surface area contributed by atoms with Crippen molar-refractivity contribution in [3.8, 4) is 11.4 Å². The monoisotopic (exact) mass is 420 g/mol. The Bertz CT molecular complexity index is 657. The zero-order chi connectivity index (χ0) is 13.6. The van der Waals surface area contributed by atoms with Gasteiger partial charge in [0.05, 0.1) is 15.2 Å². The maximum absolute atomic E-state index is 6.18. The zero-order valence-corrected chi connectivity index (χ0v) is 14.3. The van der Waals surface area contributed by atoms with E-state index in [1.165, 1.54) is 0 Å². The molecule has 1 aromatic carbocycles. The summed E-state index contributed by atoms with van der Waals surface area (Å²) in [4.78, 5) is 8.96. The summed E-state index contributed by atoms with van der Waals surface area (Å²) in [5.41, 5.74) is 1.90. The van der Waals surface area contributed by atoms with Crippen molar-refractivity contribution in [3.05, 3.63) is 43.0 Å². The maximum Gasteiger partial charge on any atom is 0.161 e. The lowest BCUT2D eigenvalue weighted by Crippen LogP contribution is -1.97. The summed E-state index contributed by atoms with van der Waals surface area (Å²) in [6.07, 6.45) is 2.32. The van der Waals surface area contributed by atoms with Crippen LogP contribution >= 0.6 is 55.1 Å². The molecule has 3 rings (SSSR count). The molecule has 6 heteroatoms. The van der Waals surface area contributed by atoms with Gasteiger partial charge in [-0.3, -0.25) is 0 Å². The number of hydrogen-bond acceptors (Lipinski definition) is 2. The Labute approximate surface area is 137 Å². The third-order valence-electron chi connectivity index (χ3n) is 2.98. The summed E-state index contributed by atoms with van der Waals surface area (Å²) in [5.74, 6) is 1.14. The van der Waals surface area contributed by atoms with Crippen LogP contribution in [-0.2, 0) is 0 Å². The fraction of sp³-hybridized carbons (Fsp3) is 0.231. The lowest BCUT2D eigenvalue weighted by atomic mass is 10.2. The molecule has 2 aromatic rings. The van der Waals surface area contributed by atoms with Gasteiger partial charge in [0, 0.05) is 16.0 Å². The molecule has 0 radical (unpaired) electrons. The number of benzene rings is 1. The van der Waals surface area contributed by atoms with Crippen LogP contribution in [-0.4, -0.2) is 9.97 Å². The first kappa shape index (κ1) is 13.8. The molecule has 0 spiro atoms. The van der Waals surface area contributed by atoms with Crippen molar-refractivity contribution >= 4 is 55.1 Å². The van der Waals surface area contributed by atoms with Gasteiger partial charge in [-0.2, -0.15) is 0 Å². The second-order valence-electron chi connectivity index (χ2n) is 4.44. The normalized spacial score (nSPS) is 14.7. The first-order valence-corrected chi connectivity index (χ1v) is 8.09. The van der Waals surface area contributed by atoms with Crippen molar-refractivity contribution in [2.45, 2.75) is 18.8 Å². The van der Waals surface area contributed by atoms with Crippen LogP contribution in [0.2, 0.25) is 10.2 Å². The average molecular weight is 423 g/mol. The summed E-state index contributed by atoms with van der Waals surface area (Å²) in [6.45, 7) is 0. The molecule has 2 nitrogen and oxygen atoms in total. The standard InChI is InChI=1S/C13H8Br2Cl2N2/c14-8-5-7(3-4-9(8)16)13-18-11(6-1-2-6)10(15)12(17)19-13/h3-6H,1-2H2. The van der Waals surface area contributed by atoms with Crippen molar-refractivity contribution in [1.82, 2.24) is 9.97 Å². The highest BCUT2D eigenvalue weighted by Gasteiger charge is 2.29. The van der Waals surface area contributed by atoms with Gasteiger partial charge in [0.15, 0.2) is 5.82 Å². The highest BCUT2D eigenvalue weighted by molar-refractivity contribution is 9.11. The van der Waals surface area contributed by atoms with E-state index in [1.54, 1.807) is 0 Å². The molecule has 98 valence electrons. The topological polar surface area (TPSA) is 25.8 Å². The summed E-state index contributed by atoms with van der Waals surface area (Å²) < 4.78 is 1.63. The molecule has 0 atom stereocenters. The smallest absolute Gasteiger partial charge is 0.161 e. The average Bonchev–Trinajstić information content (AvgIpc) is 3.20. The number of aromatic nitrogens is 2. The van der Waals surface area contributed by atoms with Gasteiger partial charge in [-0.05, 0) is 62.9 Å². The molecule has 0 bridgehead atoms. The molecule has 0 saturated heterocycles. The lowest BCUT2D eigenvalue weighted by molar-refractivity contribution is 0.979. The summed E-state index contributed by atoms with van der Waals surface area (Å²) in [7, 11) is 0. The predicted molar refractivity (Wildman–Crippen MR) is 84.9 cm³/mol. The number of hydrogen-bond donors (Lipinski definition) is 0. The van der Waals surface area contributed by atoms with Gasteiger partial charge in [-0.1, -0.05) is 23.2 Å². The molecular weight excluding hydrogens is 415 g/mol. The highest BCUT2D eigenvalue weighted by Crippen LogP contribution is 2.44. The van der Waals surface area contributed by atoms with Crippen molar-refractivity contribution in [2.75, 3.05) is 0 Å². The van der Waals surface area contributed by atoms with E-state index in [0.29, 0.717) is 21.9 Å². The molecule has 0 aliphatic heterocycles. The summed E-state index contributed by atoms with van der Waals surface area (Å²) >= 11 is 19.0. The zero-order valence-electron chi connectivity index (χ0n) is 9.63. The Morgan fingerprint density at radius 3 is 2.47 bits per heavy atom. The van der Waals surface area contributed by atoms with Crippen molar-refractivity contribution in [3.63, 3.8) is 0 Å².